The largest absolute Gasteiger partial charge is 0.324 e. The molecule has 2 aliphatic heterocycles. The Morgan fingerprint density at radius 3 is 2.42 bits per heavy atom. The van der Waals surface area contributed by atoms with Gasteiger partial charge >= 0.3 is 6.03 Å². The van der Waals surface area contributed by atoms with E-state index in [1.807, 2.05) is 35.2 Å². The highest BCUT2D eigenvalue weighted by molar-refractivity contribution is 7.87. The Bertz CT molecular complexity index is 710. The second-order valence-electron chi connectivity index (χ2n) is 7.42. The lowest BCUT2D eigenvalue weighted by molar-refractivity contribution is -0.133. The highest BCUT2D eigenvalue weighted by atomic mass is 32.2. The van der Waals surface area contributed by atoms with E-state index < -0.39 is 15.7 Å². The molecule has 1 unspecified atom stereocenters. The van der Waals surface area contributed by atoms with E-state index in [1.165, 1.54) is 0 Å². The van der Waals surface area contributed by atoms with Gasteiger partial charge in [-0.3, -0.25) is 9.00 Å². The van der Waals surface area contributed by atoms with Crippen LogP contribution in [0.25, 0.3) is 0 Å². The van der Waals surface area contributed by atoms with Crippen LogP contribution in [0, 0.1) is 0 Å². The summed E-state index contributed by atoms with van der Waals surface area (Å²) >= 11 is 0. The van der Waals surface area contributed by atoms with Crippen molar-refractivity contribution in [1.29, 1.82) is 0 Å². The number of amides is 3. The van der Waals surface area contributed by atoms with Crippen LogP contribution in [-0.4, -0.2) is 55.7 Å². The lowest BCUT2D eigenvalue weighted by Gasteiger charge is -2.45. The van der Waals surface area contributed by atoms with Crippen LogP contribution in [0.1, 0.15) is 38.5 Å². The Kier molecular flexibility index (Phi) is 4.73. The third kappa shape index (κ3) is 3.02. The molecule has 26 heavy (non-hydrogen) atoms. The molecule has 1 aromatic carbocycles. The molecular formula is C19H25N3O3S. The maximum atomic E-state index is 12.8. The summed E-state index contributed by atoms with van der Waals surface area (Å²) in [7, 11) is -1.17. The van der Waals surface area contributed by atoms with E-state index in [9.17, 15) is 13.8 Å². The quantitative estimate of drug-likeness (QED) is 0.864. The van der Waals surface area contributed by atoms with E-state index in [0.717, 1.165) is 31.4 Å². The first-order chi connectivity index (χ1) is 12.6. The van der Waals surface area contributed by atoms with Gasteiger partial charge in [0.25, 0.3) is 0 Å². The van der Waals surface area contributed by atoms with Gasteiger partial charge in [0, 0.05) is 37.7 Å². The first kappa shape index (κ1) is 17.5. The van der Waals surface area contributed by atoms with Crippen molar-refractivity contribution in [3.8, 4) is 0 Å². The number of rotatable bonds is 2. The molecule has 2 saturated heterocycles. The number of anilines is 1. The molecule has 1 spiro atoms. The number of carbonyl (C=O) groups is 2. The number of carbonyl (C=O) groups excluding carboxylic acids is 2. The number of nitrogens with zero attached hydrogens (tertiary/aromatic N) is 2. The highest BCUT2D eigenvalue weighted by Crippen LogP contribution is 2.42. The third-order valence-corrected chi connectivity index (χ3v) is 7.89. The molecular weight excluding hydrogens is 350 g/mol. The van der Waals surface area contributed by atoms with Gasteiger partial charge in [-0.2, -0.15) is 0 Å². The Balaban J connectivity index is 1.45. The highest BCUT2D eigenvalue weighted by Gasteiger charge is 2.55. The van der Waals surface area contributed by atoms with Crippen molar-refractivity contribution >= 4 is 28.4 Å². The van der Waals surface area contributed by atoms with Crippen LogP contribution in [0.15, 0.2) is 30.3 Å². The van der Waals surface area contributed by atoms with E-state index in [0.29, 0.717) is 25.9 Å². The zero-order valence-corrected chi connectivity index (χ0v) is 15.7. The summed E-state index contributed by atoms with van der Waals surface area (Å²) in [5, 5.41) is 2.91. The molecule has 0 bridgehead atoms. The monoisotopic (exact) mass is 375 g/mol. The van der Waals surface area contributed by atoms with Crippen LogP contribution in [-0.2, 0) is 15.6 Å². The van der Waals surface area contributed by atoms with Crippen LogP contribution in [0.3, 0.4) is 0 Å². The van der Waals surface area contributed by atoms with Crippen LogP contribution >= 0.6 is 0 Å². The minimum Gasteiger partial charge on any atom is -0.324 e. The average Bonchev–Trinajstić information content (AvgIpc) is 3.24. The van der Waals surface area contributed by atoms with Gasteiger partial charge in [-0.15, -0.1) is 0 Å². The van der Waals surface area contributed by atoms with E-state index >= 15 is 0 Å². The average molecular weight is 375 g/mol. The molecule has 0 aromatic heterocycles. The summed E-state index contributed by atoms with van der Waals surface area (Å²) in [4.78, 5) is 28.2. The van der Waals surface area contributed by atoms with Crippen molar-refractivity contribution in [3.05, 3.63) is 30.3 Å². The lowest BCUT2D eigenvalue weighted by atomic mass is 9.99. The zero-order chi connectivity index (χ0) is 18.1. The number of likely N-dealkylation sites (tertiary alicyclic amines) is 1. The first-order valence-corrected chi connectivity index (χ1v) is 10.7. The Morgan fingerprint density at radius 1 is 1.12 bits per heavy atom. The molecule has 3 aliphatic rings. The first-order valence-electron chi connectivity index (χ1n) is 9.42. The van der Waals surface area contributed by atoms with Gasteiger partial charge in [-0.1, -0.05) is 31.0 Å². The van der Waals surface area contributed by atoms with Crippen LogP contribution in [0.4, 0.5) is 10.5 Å². The molecule has 1 N–H and O–H groups in total. The number of hydrogen-bond donors (Lipinski definition) is 1. The predicted molar refractivity (Wildman–Crippen MR) is 101 cm³/mol. The van der Waals surface area contributed by atoms with E-state index in [1.54, 1.807) is 4.90 Å². The van der Waals surface area contributed by atoms with Gasteiger partial charge in [-0.25, -0.2) is 4.79 Å². The van der Waals surface area contributed by atoms with Crippen molar-refractivity contribution in [2.75, 3.05) is 24.2 Å². The van der Waals surface area contributed by atoms with Gasteiger partial charge in [-0.05, 0) is 25.0 Å². The van der Waals surface area contributed by atoms with Crippen molar-refractivity contribution in [3.63, 3.8) is 0 Å². The summed E-state index contributed by atoms with van der Waals surface area (Å²) in [5.41, 5.74) is 0.769. The number of hydrogen-bond acceptors (Lipinski definition) is 3. The normalized spacial score (nSPS) is 25.8. The fourth-order valence-corrected chi connectivity index (χ4v) is 6.34. The van der Waals surface area contributed by atoms with Gasteiger partial charge in [0.1, 0.15) is 10.6 Å². The molecule has 3 amide bonds. The summed E-state index contributed by atoms with van der Waals surface area (Å²) < 4.78 is 12.8. The summed E-state index contributed by atoms with van der Waals surface area (Å²) in [6.07, 6.45) is 5.52. The van der Waals surface area contributed by atoms with E-state index in [2.05, 4.69) is 5.32 Å². The molecule has 0 radical (unpaired) electrons. The molecule has 1 saturated carbocycles. The van der Waals surface area contributed by atoms with Crippen molar-refractivity contribution in [2.45, 2.75) is 49.4 Å². The Morgan fingerprint density at radius 2 is 1.77 bits per heavy atom. The fraction of sp³-hybridized carbons (Fsp3) is 0.579. The summed E-state index contributed by atoms with van der Waals surface area (Å²) in [5.74, 6) is 0.185. The molecule has 4 rings (SSSR count). The number of urea groups is 1. The lowest BCUT2D eigenvalue weighted by Crippen LogP contribution is -2.58. The predicted octanol–water partition coefficient (Wildman–Crippen LogP) is 2.54. The Labute approximate surface area is 156 Å². The van der Waals surface area contributed by atoms with Gasteiger partial charge < -0.3 is 15.1 Å². The van der Waals surface area contributed by atoms with Gasteiger partial charge in [0.05, 0.1) is 10.8 Å². The van der Waals surface area contributed by atoms with Crippen LogP contribution in [0.2, 0.25) is 0 Å². The maximum Gasteiger partial charge on any atom is 0.321 e. The molecule has 1 aliphatic carbocycles. The van der Waals surface area contributed by atoms with E-state index in [4.69, 9.17) is 0 Å². The second kappa shape index (κ2) is 7.02. The molecule has 7 heteroatoms. The van der Waals surface area contributed by atoms with Crippen LogP contribution in [0.5, 0.6) is 0 Å². The summed E-state index contributed by atoms with van der Waals surface area (Å²) in [6.45, 7) is 1.06. The minimum absolute atomic E-state index is 0.0393. The molecule has 6 nitrogen and oxygen atoms in total. The maximum absolute atomic E-state index is 12.8. The van der Waals surface area contributed by atoms with Crippen molar-refractivity contribution in [2.24, 2.45) is 0 Å². The standard InChI is InChI=1S/C19H25N3O3S/c23-17-14-26(25)19(22(17)16-8-4-5-9-16)10-12-21(13-11-19)18(24)20-15-6-2-1-3-7-15/h1-3,6-7,16H,4-5,8-14H2,(H,20,24). The molecule has 1 aromatic rings. The van der Waals surface area contributed by atoms with Gasteiger partial charge in [0.15, 0.2) is 0 Å². The SMILES string of the molecule is O=C(Nc1ccccc1)N1CCC2(CC1)N(C1CCCC1)C(=O)CS2=O. The van der Waals surface area contributed by atoms with Gasteiger partial charge in [0.2, 0.25) is 5.91 Å². The second-order valence-corrected chi connectivity index (χ2v) is 9.16. The number of para-hydroxylation sites is 1. The third-order valence-electron chi connectivity index (χ3n) is 5.93. The zero-order valence-electron chi connectivity index (χ0n) is 14.9. The van der Waals surface area contributed by atoms with E-state index in [-0.39, 0.29) is 23.7 Å². The smallest absolute Gasteiger partial charge is 0.321 e. The minimum atomic E-state index is -1.17. The fourth-order valence-electron chi connectivity index (χ4n) is 4.60. The molecule has 1 atom stereocenters. The number of nitrogens with one attached hydrogen (secondary N) is 1. The topological polar surface area (TPSA) is 69.7 Å². The molecule has 3 fully saturated rings. The number of piperidine rings is 1. The summed E-state index contributed by atoms with van der Waals surface area (Å²) in [6, 6.07) is 9.49. The molecule has 140 valence electrons. The van der Waals surface area contributed by atoms with Crippen LogP contribution < -0.4 is 5.32 Å². The molecule has 2 heterocycles. The van der Waals surface area contributed by atoms with Crippen molar-refractivity contribution < 1.29 is 13.8 Å². The number of benzene rings is 1. The Hall–Kier alpha value is -1.89. The van der Waals surface area contributed by atoms with Crippen molar-refractivity contribution in [1.82, 2.24) is 9.80 Å².